The average Bonchev–Trinajstić information content (AvgIpc) is 2.88. The zero-order valence-corrected chi connectivity index (χ0v) is 21.5. The highest BCUT2D eigenvalue weighted by Crippen LogP contribution is 2.41. The summed E-state index contributed by atoms with van der Waals surface area (Å²) in [6.07, 6.45) is -0.401. The fourth-order valence-electron chi connectivity index (χ4n) is 5.70. The van der Waals surface area contributed by atoms with Gasteiger partial charge in [-0.3, -0.25) is 0 Å². The number of fused-ring (bicyclic) bond motifs is 2. The summed E-state index contributed by atoms with van der Waals surface area (Å²) in [5.41, 5.74) is 3.53. The lowest BCUT2D eigenvalue weighted by Crippen LogP contribution is -2.62. The van der Waals surface area contributed by atoms with Crippen molar-refractivity contribution in [1.29, 1.82) is 0 Å². The summed E-state index contributed by atoms with van der Waals surface area (Å²) in [5.74, 6) is 2.71. The molecule has 0 saturated heterocycles. The van der Waals surface area contributed by atoms with E-state index < -0.39 is 24.3 Å². The van der Waals surface area contributed by atoms with Crippen molar-refractivity contribution in [2.24, 2.45) is 0 Å². The highest BCUT2D eigenvalue weighted by molar-refractivity contribution is 5.75. The normalized spacial score (nSPS) is 22.6. The van der Waals surface area contributed by atoms with E-state index in [4.69, 9.17) is 18.9 Å². The molecule has 9 nitrogen and oxygen atoms in total. The Morgan fingerprint density at radius 1 is 0.750 bits per heavy atom. The van der Waals surface area contributed by atoms with Gasteiger partial charge in [-0.1, -0.05) is 0 Å². The van der Waals surface area contributed by atoms with E-state index in [1.165, 1.54) is 0 Å². The summed E-state index contributed by atoms with van der Waals surface area (Å²) in [6.45, 7) is 2.26. The zero-order chi connectivity index (χ0) is 26.0. The van der Waals surface area contributed by atoms with E-state index >= 15 is 0 Å². The molecule has 0 radical (unpaired) electrons. The molecule has 4 rings (SSSR count). The van der Waals surface area contributed by atoms with Gasteiger partial charge in [0.2, 0.25) is 0 Å². The van der Waals surface area contributed by atoms with E-state index in [1.54, 1.807) is 33.3 Å². The highest BCUT2D eigenvalue weighted by Gasteiger charge is 2.44. The molecule has 0 saturated carbocycles. The van der Waals surface area contributed by atoms with Crippen LogP contribution in [0.15, 0.2) is 24.3 Å². The average molecular weight is 501 g/mol. The van der Waals surface area contributed by atoms with Gasteiger partial charge in [-0.05, 0) is 44.0 Å². The molecule has 4 unspecified atom stereocenters. The van der Waals surface area contributed by atoms with Gasteiger partial charge < -0.3 is 39.4 Å². The Balaban J connectivity index is 1.77. The number of nitrogens with one attached hydrogen (secondary N) is 1. The number of nitrogens with zero attached hydrogens (tertiary/aromatic N) is 1. The molecule has 2 amide bonds. The predicted molar refractivity (Wildman–Crippen MR) is 134 cm³/mol. The number of hydrogen-bond donors (Lipinski definition) is 3. The number of methoxy groups -OCH3 is 4. The van der Waals surface area contributed by atoms with Gasteiger partial charge in [0, 0.05) is 41.6 Å². The molecule has 196 valence electrons. The second-order valence-electron chi connectivity index (χ2n) is 9.18. The fourth-order valence-corrected chi connectivity index (χ4v) is 5.70. The first-order chi connectivity index (χ1) is 17.4. The van der Waals surface area contributed by atoms with Crippen molar-refractivity contribution < 1.29 is 34.0 Å². The highest BCUT2D eigenvalue weighted by atomic mass is 16.5. The van der Waals surface area contributed by atoms with Crippen molar-refractivity contribution in [2.75, 3.05) is 35.0 Å². The number of benzene rings is 2. The van der Waals surface area contributed by atoms with Crippen LogP contribution >= 0.6 is 0 Å². The molecular weight excluding hydrogens is 464 g/mol. The van der Waals surface area contributed by atoms with Gasteiger partial charge in [0.25, 0.3) is 0 Å². The van der Waals surface area contributed by atoms with Crippen LogP contribution in [-0.4, -0.2) is 80.4 Å². The Morgan fingerprint density at radius 3 is 1.39 bits per heavy atom. The molecule has 0 heterocycles. The Bertz CT molecular complexity index is 1030. The van der Waals surface area contributed by atoms with Gasteiger partial charge in [0.05, 0.1) is 52.7 Å². The van der Waals surface area contributed by atoms with Gasteiger partial charge in [0.15, 0.2) is 0 Å². The van der Waals surface area contributed by atoms with E-state index in [1.807, 2.05) is 31.2 Å². The van der Waals surface area contributed by atoms with Crippen LogP contribution in [0.1, 0.15) is 29.2 Å². The maximum Gasteiger partial charge on any atom is 0.318 e. The number of urea groups is 1. The lowest BCUT2D eigenvalue weighted by atomic mass is 9.80. The first kappa shape index (κ1) is 25.9. The third kappa shape index (κ3) is 4.53. The standard InChI is InChI=1S/C27H36N2O7/c1-6-28-27(32)29(19-11-15-17(13-21(19)30)25(35-4)9-7-23(15)33-2)20-12-16-18(14-22(20)31)26(36-5)10-8-24(16)34-3/h7-10,19-22,30-31H,6,11-14H2,1-5H3,(H,28,32). The first-order valence-corrected chi connectivity index (χ1v) is 12.3. The number of carbonyl (C=O) groups excluding carboxylic acids is 1. The van der Waals surface area contributed by atoms with Crippen LogP contribution in [0, 0.1) is 0 Å². The summed E-state index contributed by atoms with van der Waals surface area (Å²) in [5, 5.41) is 25.6. The quantitative estimate of drug-likeness (QED) is 0.534. The van der Waals surface area contributed by atoms with Gasteiger partial charge in [0.1, 0.15) is 23.0 Å². The molecule has 36 heavy (non-hydrogen) atoms. The van der Waals surface area contributed by atoms with Gasteiger partial charge in [-0.25, -0.2) is 4.79 Å². The topological polar surface area (TPSA) is 110 Å². The molecule has 2 aliphatic rings. The molecule has 0 bridgehead atoms. The smallest absolute Gasteiger partial charge is 0.318 e. The van der Waals surface area contributed by atoms with E-state index in [0.29, 0.717) is 55.2 Å². The predicted octanol–water partition coefficient (Wildman–Crippen LogP) is 2.11. The Labute approximate surface area is 211 Å². The Morgan fingerprint density at radius 2 is 1.08 bits per heavy atom. The van der Waals surface area contributed by atoms with Crippen molar-refractivity contribution in [1.82, 2.24) is 10.2 Å². The van der Waals surface area contributed by atoms with Crippen molar-refractivity contribution >= 4 is 6.03 Å². The molecule has 2 aromatic carbocycles. The minimum Gasteiger partial charge on any atom is -0.496 e. The number of rotatable bonds is 7. The van der Waals surface area contributed by atoms with Gasteiger partial charge in [-0.15, -0.1) is 0 Å². The number of aliphatic hydroxyl groups is 2. The van der Waals surface area contributed by atoms with Crippen LogP contribution < -0.4 is 24.3 Å². The number of aliphatic hydroxyl groups excluding tert-OH is 2. The van der Waals surface area contributed by atoms with E-state index in [0.717, 1.165) is 22.3 Å². The Kier molecular flexibility index (Phi) is 7.80. The monoisotopic (exact) mass is 500 g/mol. The van der Waals surface area contributed by atoms with Crippen molar-refractivity contribution in [3.8, 4) is 23.0 Å². The minimum atomic E-state index is -0.859. The number of carbonyl (C=O) groups is 1. The first-order valence-electron chi connectivity index (χ1n) is 12.3. The summed E-state index contributed by atoms with van der Waals surface area (Å²) in [6, 6.07) is 5.84. The molecule has 2 aliphatic carbocycles. The molecule has 4 atom stereocenters. The number of amides is 2. The molecule has 3 N–H and O–H groups in total. The van der Waals surface area contributed by atoms with Crippen LogP contribution in [-0.2, 0) is 25.7 Å². The third-order valence-corrected chi connectivity index (χ3v) is 7.39. The van der Waals surface area contributed by atoms with Crippen LogP contribution in [0.2, 0.25) is 0 Å². The van der Waals surface area contributed by atoms with Gasteiger partial charge >= 0.3 is 6.03 Å². The van der Waals surface area contributed by atoms with Crippen molar-refractivity contribution in [3.63, 3.8) is 0 Å². The number of hydrogen-bond acceptors (Lipinski definition) is 7. The Hall–Kier alpha value is -3.17. The summed E-state index contributed by atoms with van der Waals surface area (Å²) in [7, 11) is 6.40. The maximum atomic E-state index is 13.5. The molecule has 0 aromatic heterocycles. The minimum absolute atomic E-state index is 0.298. The van der Waals surface area contributed by atoms with Crippen molar-refractivity contribution in [2.45, 2.75) is 56.9 Å². The van der Waals surface area contributed by atoms with Crippen molar-refractivity contribution in [3.05, 3.63) is 46.5 Å². The van der Waals surface area contributed by atoms with E-state index in [-0.39, 0.29) is 6.03 Å². The van der Waals surface area contributed by atoms with Gasteiger partial charge in [-0.2, -0.15) is 0 Å². The summed E-state index contributed by atoms with van der Waals surface area (Å²) in [4.78, 5) is 15.1. The molecule has 0 spiro atoms. The number of ether oxygens (including phenoxy) is 4. The molecule has 0 fully saturated rings. The summed E-state index contributed by atoms with van der Waals surface area (Å²) >= 11 is 0. The van der Waals surface area contributed by atoms with Crippen LogP contribution in [0.3, 0.4) is 0 Å². The molecule has 0 aliphatic heterocycles. The summed E-state index contributed by atoms with van der Waals surface area (Å²) < 4.78 is 22.3. The SMILES string of the molecule is CCNC(=O)N(C1Cc2c(OC)ccc(OC)c2CC1O)C1Cc2c(OC)ccc(OC)c2CC1O. The molecular formula is C27H36N2O7. The van der Waals surface area contributed by atoms with Crippen LogP contribution in [0.5, 0.6) is 23.0 Å². The lowest BCUT2D eigenvalue weighted by Gasteiger charge is -2.46. The van der Waals surface area contributed by atoms with E-state index in [9.17, 15) is 15.0 Å². The largest absolute Gasteiger partial charge is 0.496 e. The maximum absolute atomic E-state index is 13.5. The zero-order valence-electron chi connectivity index (χ0n) is 21.5. The molecule has 9 heteroatoms. The molecule has 2 aromatic rings. The second kappa shape index (κ2) is 10.8. The van der Waals surface area contributed by atoms with E-state index in [2.05, 4.69) is 5.32 Å². The third-order valence-electron chi connectivity index (χ3n) is 7.39. The second-order valence-corrected chi connectivity index (χ2v) is 9.18. The van der Waals surface area contributed by atoms with Crippen LogP contribution in [0.4, 0.5) is 4.79 Å². The fraction of sp³-hybridized carbons (Fsp3) is 0.519. The lowest BCUT2D eigenvalue weighted by molar-refractivity contribution is -0.00532. The van der Waals surface area contributed by atoms with Crippen LogP contribution in [0.25, 0.3) is 0 Å².